The maximum atomic E-state index is 12.9. The standard InChI is InChI=1S/C22H38N4O3S/c1-6-20-10-7-8-14-25(20)15-9-13-23-22(27)17-26(30(28,29)24(4)5)21-16-18(2)11-12-19(21)3/h11-12,16,20H,6-10,13-15,17H2,1-5H3,(H,23,27)/t20-/m0/s1. The average molecular weight is 439 g/mol. The smallest absolute Gasteiger partial charge is 0.304 e. The third kappa shape index (κ3) is 6.43. The van der Waals surface area contributed by atoms with Gasteiger partial charge in [-0.3, -0.25) is 4.79 Å². The first-order chi connectivity index (χ1) is 14.2. The van der Waals surface area contributed by atoms with E-state index >= 15 is 0 Å². The molecule has 1 atom stereocenters. The molecular formula is C22H38N4O3S. The number of carbonyl (C=O) groups excluding carboxylic acids is 1. The van der Waals surface area contributed by atoms with E-state index in [0.29, 0.717) is 18.3 Å². The summed E-state index contributed by atoms with van der Waals surface area (Å²) in [6.07, 6.45) is 5.85. The number of hydrogen-bond donors (Lipinski definition) is 1. The quantitative estimate of drug-likeness (QED) is 0.570. The van der Waals surface area contributed by atoms with Crippen LogP contribution in [0.15, 0.2) is 18.2 Å². The summed E-state index contributed by atoms with van der Waals surface area (Å²) in [5, 5.41) is 2.91. The first-order valence-electron chi connectivity index (χ1n) is 10.9. The van der Waals surface area contributed by atoms with Crippen LogP contribution >= 0.6 is 0 Å². The van der Waals surface area contributed by atoms with Gasteiger partial charge in [-0.25, -0.2) is 4.31 Å². The van der Waals surface area contributed by atoms with Crippen molar-refractivity contribution in [2.75, 3.05) is 44.6 Å². The molecule has 1 heterocycles. The van der Waals surface area contributed by atoms with Crippen molar-refractivity contribution >= 4 is 21.8 Å². The van der Waals surface area contributed by atoms with Gasteiger partial charge >= 0.3 is 10.2 Å². The number of amides is 1. The second kappa shape index (κ2) is 11.1. The lowest BCUT2D eigenvalue weighted by Gasteiger charge is -2.35. The number of likely N-dealkylation sites (tertiary alicyclic amines) is 1. The lowest BCUT2D eigenvalue weighted by atomic mass is 10.00. The highest BCUT2D eigenvalue weighted by Gasteiger charge is 2.28. The van der Waals surface area contributed by atoms with Crippen LogP contribution in [-0.2, 0) is 15.0 Å². The molecule has 1 fully saturated rings. The Kier molecular flexibility index (Phi) is 9.12. The third-order valence-corrected chi connectivity index (χ3v) is 7.63. The van der Waals surface area contributed by atoms with Gasteiger partial charge in [-0.15, -0.1) is 0 Å². The number of carbonyl (C=O) groups is 1. The van der Waals surface area contributed by atoms with Gasteiger partial charge in [0.1, 0.15) is 6.54 Å². The number of aryl methyl sites for hydroxylation is 2. The zero-order chi connectivity index (χ0) is 22.3. The van der Waals surface area contributed by atoms with Gasteiger partial charge in [0.25, 0.3) is 0 Å². The zero-order valence-electron chi connectivity index (χ0n) is 19.1. The number of benzene rings is 1. The molecule has 1 N–H and O–H groups in total. The Bertz CT molecular complexity index is 811. The molecule has 0 unspecified atom stereocenters. The Balaban J connectivity index is 1.98. The molecule has 1 amide bonds. The molecule has 0 spiro atoms. The number of hydrogen-bond acceptors (Lipinski definition) is 4. The van der Waals surface area contributed by atoms with Crippen molar-refractivity contribution in [3.63, 3.8) is 0 Å². The Morgan fingerprint density at radius 2 is 1.97 bits per heavy atom. The van der Waals surface area contributed by atoms with Gasteiger partial charge < -0.3 is 10.2 Å². The highest BCUT2D eigenvalue weighted by atomic mass is 32.2. The van der Waals surface area contributed by atoms with Crippen LogP contribution in [0.3, 0.4) is 0 Å². The topological polar surface area (TPSA) is 73.0 Å². The minimum atomic E-state index is -3.79. The highest BCUT2D eigenvalue weighted by molar-refractivity contribution is 7.90. The molecule has 30 heavy (non-hydrogen) atoms. The van der Waals surface area contributed by atoms with Crippen molar-refractivity contribution in [1.82, 2.24) is 14.5 Å². The Morgan fingerprint density at radius 3 is 2.63 bits per heavy atom. The molecule has 1 aromatic carbocycles. The van der Waals surface area contributed by atoms with E-state index in [2.05, 4.69) is 17.1 Å². The lowest BCUT2D eigenvalue weighted by molar-refractivity contribution is -0.119. The molecule has 170 valence electrons. The van der Waals surface area contributed by atoms with Crippen molar-refractivity contribution in [3.8, 4) is 0 Å². The number of piperidine rings is 1. The molecule has 8 heteroatoms. The van der Waals surface area contributed by atoms with Crippen molar-refractivity contribution < 1.29 is 13.2 Å². The highest BCUT2D eigenvalue weighted by Crippen LogP contribution is 2.25. The Labute approximate surface area is 182 Å². The SMILES string of the molecule is CC[C@H]1CCCCN1CCCNC(=O)CN(c1cc(C)ccc1C)S(=O)(=O)N(C)C. The molecule has 1 aliphatic rings. The van der Waals surface area contributed by atoms with Crippen molar-refractivity contribution in [3.05, 3.63) is 29.3 Å². The average Bonchev–Trinajstić information content (AvgIpc) is 2.71. The van der Waals surface area contributed by atoms with E-state index in [1.807, 2.05) is 32.0 Å². The molecule has 1 aliphatic heterocycles. The van der Waals surface area contributed by atoms with Crippen LogP contribution in [0.5, 0.6) is 0 Å². The van der Waals surface area contributed by atoms with Crippen LogP contribution in [0.1, 0.15) is 50.2 Å². The summed E-state index contributed by atoms with van der Waals surface area (Å²) in [4.78, 5) is 15.1. The predicted octanol–water partition coefficient (Wildman–Crippen LogP) is 2.69. The normalized spacial score (nSPS) is 17.9. The molecular weight excluding hydrogens is 400 g/mol. The van der Waals surface area contributed by atoms with Gasteiger partial charge in [0.15, 0.2) is 0 Å². The molecule has 0 aliphatic carbocycles. The van der Waals surface area contributed by atoms with E-state index in [0.717, 1.165) is 34.9 Å². The second-order valence-electron chi connectivity index (χ2n) is 8.38. The fraction of sp³-hybridized carbons (Fsp3) is 0.682. The largest absolute Gasteiger partial charge is 0.354 e. The monoisotopic (exact) mass is 438 g/mol. The maximum Gasteiger partial charge on any atom is 0.304 e. The molecule has 1 saturated heterocycles. The fourth-order valence-electron chi connectivity index (χ4n) is 3.99. The van der Waals surface area contributed by atoms with Gasteiger partial charge in [0, 0.05) is 33.2 Å². The molecule has 2 rings (SSSR count). The molecule has 0 saturated carbocycles. The minimum Gasteiger partial charge on any atom is -0.354 e. The number of rotatable bonds is 10. The van der Waals surface area contributed by atoms with Gasteiger partial charge in [0.05, 0.1) is 5.69 Å². The van der Waals surface area contributed by atoms with Gasteiger partial charge in [-0.05, 0) is 63.3 Å². The lowest BCUT2D eigenvalue weighted by Crippen LogP contribution is -2.46. The Morgan fingerprint density at radius 1 is 1.23 bits per heavy atom. The van der Waals surface area contributed by atoms with Crippen molar-refractivity contribution in [2.24, 2.45) is 0 Å². The van der Waals surface area contributed by atoms with E-state index in [4.69, 9.17) is 0 Å². The van der Waals surface area contributed by atoms with E-state index in [-0.39, 0.29) is 12.5 Å². The number of nitrogens with one attached hydrogen (secondary N) is 1. The van der Waals surface area contributed by atoms with Gasteiger partial charge in [0.2, 0.25) is 5.91 Å². The molecule has 0 radical (unpaired) electrons. The summed E-state index contributed by atoms with van der Waals surface area (Å²) in [6.45, 7) is 8.42. The molecule has 1 aromatic rings. The molecule has 0 bridgehead atoms. The van der Waals surface area contributed by atoms with Crippen LogP contribution in [0.2, 0.25) is 0 Å². The predicted molar refractivity (Wildman–Crippen MR) is 123 cm³/mol. The summed E-state index contributed by atoms with van der Waals surface area (Å²) >= 11 is 0. The van der Waals surface area contributed by atoms with Crippen LogP contribution in [-0.4, -0.2) is 69.8 Å². The summed E-state index contributed by atoms with van der Waals surface area (Å²) in [7, 11) is -0.827. The van der Waals surface area contributed by atoms with Crippen LogP contribution in [0.25, 0.3) is 0 Å². The molecule has 7 nitrogen and oxygen atoms in total. The summed E-state index contributed by atoms with van der Waals surface area (Å²) in [5.41, 5.74) is 2.30. The van der Waals surface area contributed by atoms with Crippen LogP contribution in [0.4, 0.5) is 5.69 Å². The summed E-state index contributed by atoms with van der Waals surface area (Å²) in [6, 6.07) is 6.28. The Hall–Kier alpha value is -1.64. The van der Waals surface area contributed by atoms with E-state index in [9.17, 15) is 13.2 Å². The maximum absolute atomic E-state index is 12.9. The van der Waals surface area contributed by atoms with Crippen molar-refractivity contribution in [1.29, 1.82) is 0 Å². The van der Waals surface area contributed by atoms with Gasteiger partial charge in [-0.1, -0.05) is 25.5 Å². The van der Waals surface area contributed by atoms with Crippen LogP contribution < -0.4 is 9.62 Å². The number of nitrogens with zero attached hydrogens (tertiary/aromatic N) is 3. The van der Waals surface area contributed by atoms with E-state index < -0.39 is 10.2 Å². The first-order valence-corrected chi connectivity index (χ1v) is 12.3. The zero-order valence-corrected chi connectivity index (χ0v) is 20.0. The van der Waals surface area contributed by atoms with E-state index in [1.54, 1.807) is 0 Å². The van der Waals surface area contributed by atoms with E-state index in [1.165, 1.54) is 44.1 Å². The summed E-state index contributed by atoms with van der Waals surface area (Å²) < 4.78 is 28.1. The van der Waals surface area contributed by atoms with Crippen molar-refractivity contribution in [2.45, 2.75) is 58.9 Å². The molecule has 0 aromatic heterocycles. The van der Waals surface area contributed by atoms with Gasteiger partial charge in [-0.2, -0.15) is 12.7 Å². The summed E-state index contributed by atoms with van der Waals surface area (Å²) in [5.74, 6) is -0.285. The fourth-order valence-corrected chi connectivity index (χ4v) is 5.11. The first kappa shape index (κ1) is 24.6. The second-order valence-corrected chi connectivity index (χ2v) is 10.5. The minimum absolute atomic E-state index is 0.230. The third-order valence-electron chi connectivity index (χ3n) is 5.83. The van der Waals surface area contributed by atoms with Crippen LogP contribution in [0, 0.1) is 13.8 Å². The number of anilines is 1.